The lowest BCUT2D eigenvalue weighted by molar-refractivity contribution is -0.116. The van der Waals surface area contributed by atoms with Crippen LogP contribution in [0.4, 0.5) is 0 Å². The first kappa shape index (κ1) is 17.9. The molecule has 0 aliphatic rings. The second-order valence-electron chi connectivity index (χ2n) is 5.51. The monoisotopic (exact) mass is 325 g/mol. The summed E-state index contributed by atoms with van der Waals surface area (Å²) in [5, 5.41) is 12.3. The van der Waals surface area contributed by atoms with Gasteiger partial charge < -0.3 is 15.2 Å². The van der Waals surface area contributed by atoms with Crippen molar-refractivity contribution < 1.29 is 14.6 Å². The van der Waals surface area contributed by atoms with Crippen LogP contribution in [-0.4, -0.2) is 37.4 Å². The van der Waals surface area contributed by atoms with Crippen molar-refractivity contribution in [3.05, 3.63) is 66.2 Å². The van der Waals surface area contributed by atoms with E-state index < -0.39 is 6.10 Å². The second kappa shape index (κ2) is 9.65. The van der Waals surface area contributed by atoms with Gasteiger partial charge in [0.05, 0.1) is 12.7 Å². The predicted molar refractivity (Wildman–Crippen MR) is 96.4 cm³/mol. The Morgan fingerprint density at radius 3 is 2.67 bits per heavy atom. The van der Waals surface area contributed by atoms with Crippen molar-refractivity contribution >= 4 is 12.0 Å². The van der Waals surface area contributed by atoms with E-state index >= 15 is 0 Å². The van der Waals surface area contributed by atoms with E-state index in [2.05, 4.69) is 17.4 Å². The average molecular weight is 325 g/mol. The summed E-state index contributed by atoms with van der Waals surface area (Å²) in [4.78, 5) is 11.8. The quantitative estimate of drug-likeness (QED) is 0.734. The van der Waals surface area contributed by atoms with Gasteiger partial charge in [0.15, 0.2) is 0 Å². The number of ether oxygens (including phenoxy) is 1. The summed E-state index contributed by atoms with van der Waals surface area (Å²) < 4.78 is 4.84. The molecule has 0 aliphatic heterocycles. The Kier molecular flexibility index (Phi) is 7.21. The van der Waals surface area contributed by atoms with Gasteiger partial charge in [-0.05, 0) is 35.3 Å². The molecule has 0 saturated carbocycles. The van der Waals surface area contributed by atoms with E-state index in [1.807, 2.05) is 42.5 Å². The van der Waals surface area contributed by atoms with Gasteiger partial charge in [0.2, 0.25) is 5.91 Å². The minimum atomic E-state index is -0.554. The van der Waals surface area contributed by atoms with Crippen molar-refractivity contribution in [2.75, 3.05) is 20.3 Å². The van der Waals surface area contributed by atoms with E-state index in [0.717, 1.165) is 16.7 Å². The molecule has 1 unspecified atom stereocenters. The highest BCUT2D eigenvalue weighted by Gasteiger charge is 2.03. The lowest BCUT2D eigenvalue weighted by Crippen LogP contribution is -2.27. The topological polar surface area (TPSA) is 58.6 Å². The van der Waals surface area contributed by atoms with E-state index in [1.165, 1.54) is 13.2 Å². The Balaban J connectivity index is 1.89. The van der Waals surface area contributed by atoms with Crippen LogP contribution < -0.4 is 5.32 Å². The molecule has 24 heavy (non-hydrogen) atoms. The minimum Gasteiger partial charge on any atom is -0.391 e. The Hall–Kier alpha value is -2.43. The molecule has 2 rings (SSSR count). The van der Waals surface area contributed by atoms with Gasteiger partial charge in [0, 0.05) is 19.7 Å². The van der Waals surface area contributed by atoms with E-state index in [-0.39, 0.29) is 12.5 Å². The number of rotatable bonds is 8. The average Bonchev–Trinajstić information content (AvgIpc) is 2.61. The smallest absolute Gasteiger partial charge is 0.244 e. The van der Waals surface area contributed by atoms with E-state index in [0.29, 0.717) is 13.0 Å². The molecule has 0 bridgehead atoms. The molecule has 2 aromatic carbocycles. The number of nitrogens with one attached hydrogen (secondary N) is 1. The first-order valence-electron chi connectivity index (χ1n) is 7.97. The summed E-state index contributed by atoms with van der Waals surface area (Å²) in [7, 11) is 1.54. The van der Waals surface area contributed by atoms with Crippen molar-refractivity contribution in [3.8, 4) is 11.1 Å². The van der Waals surface area contributed by atoms with Gasteiger partial charge in [-0.25, -0.2) is 0 Å². The molecular formula is C20H23NO3. The number of benzene rings is 2. The highest BCUT2D eigenvalue weighted by Crippen LogP contribution is 2.20. The Morgan fingerprint density at radius 2 is 1.92 bits per heavy atom. The molecule has 2 N–H and O–H groups in total. The molecular weight excluding hydrogens is 302 g/mol. The summed E-state index contributed by atoms with van der Waals surface area (Å²) in [5.41, 5.74) is 3.22. The van der Waals surface area contributed by atoms with Crippen molar-refractivity contribution in [1.29, 1.82) is 0 Å². The normalized spacial score (nSPS) is 12.2. The second-order valence-corrected chi connectivity index (χ2v) is 5.51. The maximum Gasteiger partial charge on any atom is 0.244 e. The van der Waals surface area contributed by atoms with E-state index in [1.54, 1.807) is 6.08 Å². The number of carbonyl (C=O) groups is 1. The predicted octanol–water partition coefficient (Wildman–Crippen LogP) is 2.88. The van der Waals surface area contributed by atoms with Crippen LogP contribution in [0.15, 0.2) is 60.7 Å². The number of aliphatic hydroxyl groups excluding tert-OH is 1. The summed E-state index contributed by atoms with van der Waals surface area (Å²) in [6, 6.07) is 18.1. The molecule has 0 saturated heterocycles. The molecule has 0 aromatic heterocycles. The van der Waals surface area contributed by atoms with Crippen molar-refractivity contribution in [3.63, 3.8) is 0 Å². The molecule has 126 valence electrons. The first-order valence-corrected chi connectivity index (χ1v) is 7.97. The van der Waals surface area contributed by atoms with E-state index in [9.17, 15) is 9.90 Å². The molecule has 0 heterocycles. The number of carbonyl (C=O) groups excluding carboxylic acids is 1. The van der Waals surface area contributed by atoms with Gasteiger partial charge in [0.1, 0.15) is 0 Å². The maximum absolute atomic E-state index is 11.8. The highest BCUT2D eigenvalue weighted by atomic mass is 16.5. The van der Waals surface area contributed by atoms with Gasteiger partial charge in [-0.2, -0.15) is 0 Å². The fourth-order valence-corrected chi connectivity index (χ4v) is 2.32. The molecule has 0 spiro atoms. The highest BCUT2D eigenvalue weighted by molar-refractivity contribution is 5.91. The first-order chi connectivity index (χ1) is 11.7. The van der Waals surface area contributed by atoms with Gasteiger partial charge in [-0.1, -0.05) is 48.5 Å². The number of methoxy groups -OCH3 is 1. The zero-order chi connectivity index (χ0) is 17.2. The van der Waals surface area contributed by atoms with Gasteiger partial charge in [-0.15, -0.1) is 0 Å². The van der Waals surface area contributed by atoms with Crippen LogP contribution >= 0.6 is 0 Å². The summed E-state index contributed by atoms with van der Waals surface area (Å²) in [6.07, 6.45) is 3.21. The van der Waals surface area contributed by atoms with Crippen molar-refractivity contribution in [1.82, 2.24) is 5.32 Å². The maximum atomic E-state index is 11.8. The number of aliphatic hydroxyl groups is 1. The Labute approximate surface area is 142 Å². The molecule has 0 aliphatic carbocycles. The molecule has 1 atom stereocenters. The van der Waals surface area contributed by atoms with Crippen LogP contribution in [-0.2, 0) is 9.53 Å². The summed E-state index contributed by atoms with van der Waals surface area (Å²) >= 11 is 0. The van der Waals surface area contributed by atoms with Crippen LogP contribution in [0.1, 0.15) is 12.0 Å². The van der Waals surface area contributed by atoms with Crippen molar-refractivity contribution in [2.45, 2.75) is 12.5 Å². The number of hydrogen-bond donors (Lipinski definition) is 2. The fraction of sp³-hybridized carbons (Fsp3) is 0.250. The van der Waals surface area contributed by atoms with Gasteiger partial charge in [-0.3, -0.25) is 4.79 Å². The molecule has 4 heteroatoms. The molecule has 0 fully saturated rings. The number of amides is 1. The molecule has 2 aromatic rings. The van der Waals surface area contributed by atoms with Gasteiger partial charge in [0.25, 0.3) is 0 Å². The SMILES string of the molecule is COCC(O)CCNC(=O)/C=C/c1cccc(-c2ccccc2)c1. The lowest BCUT2D eigenvalue weighted by atomic mass is 10.0. The van der Waals surface area contributed by atoms with Crippen LogP contribution in [0.5, 0.6) is 0 Å². The lowest BCUT2D eigenvalue weighted by Gasteiger charge is -2.08. The number of hydrogen-bond acceptors (Lipinski definition) is 3. The third-order valence-corrected chi connectivity index (χ3v) is 3.56. The van der Waals surface area contributed by atoms with Gasteiger partial charge >= 0.3 is 0 Å². The van der Waals surface area contributed by atoms with Crippen LogP contribution in [0.2, 0.25) is 0 Å². The molecule has 1 amide bonds. The van der Waals surface area contributed by atoms with E-state index in [4.69, 9.17) is 4.74 Å². The largest absolute Gasteiger partial charge is 0.391 e. The van der Waals surface area contributed by atoms with Crippen LogP contribution in [0, 0.1) is 0 Å². The summed E-state index contributed by atoms with van der Waals surface area (Å²) in [5.74, 6) is -0.176. The zero-order valence-electron chi connectivity index (χ0n) is 13.8. The minimum absolute atomic E-state index is 0.176. The standard InChI is InChI=1S/C20H23NO3/c1-24-15-19(22)12-13-21-20(23)11-10-16-6-5-9-18(14-16)17-7-3-2-4-8-17/h2-11,14,19,22H,12-13,15H2,1H3,(H,21,23)/b11-10+. The molecule has 0 radical (unpaired) electrons. The summed E-state index contributed by atoms with van der Waals surface area (Å²) in [6.45, 7) is 0.690. The fourth-order valence-electron chi connectivity index (χ4n) is 2.32. The van der Waals surface area contributed by atoms with Crippen molar-refractivity contribution in [2.24, 2.45) is 0 Å². The van der Waals surface area contributed by atoms with Crippen LogP contribution in [0.3, 0.4) is 0 Å². The Bertz CT molecular complexity index is 668. The third kappa shape index (κ3) is 5.99. The van der Waals surface area contributed by atoms with Crippen LogP contribution in [0.25, 0.3) is 17.2 Å². The third-order valence-electron chi connectivity index (χ3n) is 3.56. The zero-order valence-corrected chi connectivity index (χ0v) is 13.8. The molecule has 4 nitrogen and oxygen atoms in total. The Morgan fingerprint density at radius 1 is 1.17 bits per heavy atom.